The Labute approximate surface area is 74.7 Å². The van der Waals surface area contributed by atoms with Gasteiger partial charge in [-0.3, -0.25) is 4.79 Å². The van der Waals surface area contributed by atoms with Crippen molar-refractivity contribution in [2.45, 2.75) is 38.5 Å². The van der Waals surface area contributed by atoms with Crippen molar-refractivity contribution in [3.05, 3.63) is 0 Å². The first-order valence-electron chi connectivity index (χ1n) is 4.29. The van der Waals surface area contributed by atoms with Gasteiger partial charge in [0, 0.05) is 6.42 Å². The van der Waals surface area contributed by atoms with Gasteiger partial charge in [-0.15, -0.1) is 5.54 Å². The molecule has 2 nitrogen and oxygen atoms in total. The van der Waals surface area contributed by atoms with Crippen LogP contribution in [0, 0.1) is 11.5 Å². The zero-order chi connectivity index (χ0) is 9.19. The second kappa shape index (κ2) is 3.32. The van der Waals surface area contributed by atoms with E-state index in [-0.39, 0.29) is 11.9 Å². The van der Waals surface area contributed by atoms with Crippen molar-refractivity contribution in [1.29, 1.82) is 0 Å². The number of hydrogen-bond acceptors (Lipinski definition) is 1. The minimum Gasteiger partial charge on any atom is -0.342 e. The Morgan fingerprint density at radius 2 is 2.17 bits per heavy atom. The highest BCUT2D eigenvalue weighted by Gasteiger charge is 2.18. The SMILES string of the molecule is C[Si](C)(C)C#C[C@H]1CCC(=O)N1. The smallest absolute Gasteiger partial charge is 0.221 e. The Morgan fingerprint density at radius 1 is 1.50 bits per heavy atom. The third-order valence-corrected chi connectivity index (χ3v) is 2.51. The first-order valence-corrected chi connectivity index (χ1v) is 7.79. The molecule has 1 amide bonds. The van der Waals surface area contributed by atoms with Crippen LogP contribution in [0.2, 0.25) is 19.6 Å². The summed E-state index contributed by atoms with van der Waals surface area (Å²) in [5.41, 5.74) is 3.26. The fourth-order valence-electron chi connectivity index (χ4n) is 1.03. The molecule has 1 saturated heterocycles. The Morgan fingerprint density at radius 3 is 2.58 bits per heavy atom. The van der Waals surface area contributed by atoms with Gasteiger partial charge in [-0.2, -0.15) is 0 Å². The van der Waals surface area contributed by atoms with Gasteiger partial charge in [0.25, 0.3) is 0 Å². The summed E-state index contributed by atoms with van der Waals surface area (Å²) in [5.74, 6) is 3.28. The number of carbonyl (C=O) groups is 1. The summed E-state index contributed by atoms with van der Waals surface area (Å²) in [6, 6.07) is 0.129. The summed E-state index contributed by atoms with van der Waals surface area (Å²) in [4.78, 5) is 10.8. The minimum atomic E-state index is -1.26. The molecule has 0 aromatic heterocycles. The van der Waals surface area contributed by atoms with E-state index in [1.807, 2.05) is 0 Å². The third kappa shape index (κ3) is 3.10. The predicted molar refractivity (Wildman–Crippen MR) is 52.3 cm³/mol. The van der Waals surface area contributed by atoms with Crippen molar-refractivity contribution >= 4 is 14.0 Å². The van der Waals surface area contributed by atoms with Gasteiger partial charge in [-0.05, 0) is 6.42 Å². The molecule has 0 bridgehead atoms. The molecule has 1 aliphatic rings. The van der Waals surface area contributed by atoms with Crippen LogP contribution < -0.4 is 5.32 Å². The van der Waals surface area contributed by atoms with Gasteiger partial charge in [0.15, 0.2) is 0 Å². The lowest BCUT2D eigenvalue weighted by atomic mass is 10.2. The molecule has 0 saturated carbocycles. The van der Waals surface area contributed by atoms with Crippen LogP contribution >= 0.6 is 0 Å². The average Bonchev–Trinajstić information content (AvgIpc) is 2.30. The Bertz CT molecular complexity index is 243. The standard InChI is InChI=1S/C9H15NOSi/c1-12(2,3)7-6-8-4-5-9(11)10-8/h8H,4-5H2,1-3H3,(H,10,11)/t8-/m1/s1. The van der Waals surface area contributed by atoms with Crippen LogP contribution in [0.5, 0.6) is 0 Å². The van der Waals surface area contributed by atoms with Crippen LogP contribution in [-0.4, -0.2) is 20.0 Å². The molecule has 0 aromatic rings. The maximum absolute atomic E-state index is 10.8. The van der Waals surface area contributed by atoms with Crippen molar-refractivity contribution in [2.24, 2.45) is 0 Å². The summed E-state index contributed by atoms with van der Waals surface area (Å²) in [5, 5.41) is 2.84. The molecule has 1 N–H and O–H groups in total. The number of nitrogens with one attached hydrogen (secondary N) is 1. The molecule has 0 aliphatic carbocycles. The summed E-state index contributed by atoms with van der Waals surface area (Å²) >= 11 is 0. The lowest BCUT2D eigenvalue weighted by Gasteiger charge is -2.05. The quantitative estimate of drug-likeness (QED) is 0.441. The van der Waals surface area contributed by atoms with Gasteiger partial charge >= 0.3 is 0 Å². The van der Waals surface area contributed by atoms with Crippen molar-refractivity contribution < 1.29 is 4.79 Å². The third-order valence-electron chi connectivity index (χ3n) is 1.62. The molecular weight excluding hydrogens is 166 g/mol. The molecule has 0 unspecified atom stereocenters. The summed E-state index contributed by atoms with van der Waals surface area (Å²) in [6.45, 7) is 6.62. The number of hydrogen-bond donors (Lipinski definition) is 1. The van der Waals surface area contributed by atoms with Crippen LogP contribution in [0.15, 0.2) is 0 Å². The molecule has 0 aromatic carbocycles. The van der Waals surface area contributed by atoms with Crippen LogP contribution in [0.1, 0.15) is 12.8 Å². The predicted octanol–water partition coefficient (Wildman–Crippen LogP) is 1.15. The van der Waals surface area contributed by atoms with E-state index in [1.54, 1.807) is 0 Å². The maximum Gasteiger partial charge on any atom is 0.221 e. The highest BCUT2D eigenvalue weighted by atomic mass is 28.3. The van der Waals surface area contributed by atoms with Gasteiger partial charge in [0.05, 0.1) is 6.04 Å². The monoisotopic (exact) mass is 181 g/mol. The molecule has 0 radical (unpaired) electrons. The van der Waals surface area contributed by atoms with Crippen LogP contribution in [0.4, 0.5) is 0 Å². The molecule has 3 heteroatoms. The normalized spacial score (nSPS) is 22.9. The number of rotatable bonds is 0. The molecule has 1 rings (SSSR count). The second-order valence-electron chi connectivity index (χ2n) is 4.18. The molecule has 66 valence electrons. The highest BCUT2D eigenvalue weighted by Crippen LogP contribution is 2.05. The number of carbonyl (C=O) groups excluding carboxylic acids is 1. The van der Waals surface area contributed by atoms with E-state index in [2.05, 4.69) is 36.4 Å². The fraction of sp³-hybridized carbons (Fsp3) is 0.667. The van der Waals surface area contributed by atoms with Crippen LogP contribution in [0.3, 0.4) is 0 Å². The van der Waals surface area contributed by atoms with Crippen molar-refractivity contribution in [3.63, 3.8) is 0 Å². The lowest BCUT2D eigenvalue weighted by Crippen LogP contribution is -2.25. The molecule has 0 spiro atoms. The summed E-state index contributed by atoms with van der Waals surface area (Å²) in [7, 11) is -1.26. The van der Waals surface area contributed by atoms with E-state index < -0.39 is 8.07 Å². The molecule has 1 fully saturated rings. The van der Waals surface area contributed by atoms with E-state index >= 15 is 0 Å². The molecule has 1 aliphatic heterocycles. The Kier molecular flexibility index (Phi) is 2.58. The van der Waals surface area contributed by atoms with E-state index in [1.165, 1.54) is 0 Å². The lowest BCUT2D eigenvalue weighted by molar-refractivity contribution is -0.119. The largest absolute Gasteiger partial charge is 0.342 e. The topological polar surface area (TPSA) is 29.1 Å². The molecule has 12 heavy (non-hydrogen) atoms. The van der Waals surface area contributed by atoms with Gasteiger partial charge in [-0.1, -0.05) is 25.6 Å². The van der Waals surface area contributed by atoms with E-state index in [0.717, 1.165) is 6.42 Å². The van der Waals surface area contributed by atoms with Crippen molar-refractivity contribution in [1.82, 2.24) is 5.32 Å². The Balaban J connectivity index is 2.50. The number of amides is 1. The van der Waals surface area contributed by atoms with E-state index in [4.69, 9.17) is 0 Å². The van der Waals surface area contributed by atoms with Gasteiger partial charge in [-0.25, -0.2) is 0 Å². The van der Waals surface area contributed by atoms with Crippen molar-refractivity contribution in [3.8, 4) is 11.5 Å². The fourth-order valence-corrected chi connectivity index (χ4v) is 1.63. The highest BCUT2D eigenvalue weighted by molar-refractivity contribution is 6.83. The maximum atomic E-state index is 10.8. The molecule has 1 heterocycles. The van der Waals surface area contributed by atoms with Gasteiger partial charge in [0.2, 0.25) is 5.91 Å². The second-order valence-corrected chi connectivity index (χ2v) is 8.93. The zero-order valence-electron chi connectivity index (χ0n) is 7.90. The summed E-state index contributed by atoms with van der Waals surface area (Å²) in [6.07, 6.45) is 1.53. The zero-order valence-corrected chi connectivity index (χ0v) is 8.90. The minimum absolute atomic E-state index is 0.129. The molecular formula is C9H15NOSi. The van der Waals surface area contributed by atoms with E-state index in [9.17, 15) is 4.79 Å². The first-order chi connectivity index (χ1) is 5.47. The Hall–Kier alpha value is -0.753. The average molecular weight is 181 g/mol. The van der Waals surface area contributed by atoms with Gasteiger partial charge < -0.3 is 5.32 Å². The molecule has 1 atom stereocenters. The first kappa shape index (κ1) is 9.34. The van der Waals surface area contributed by atoms with Crippen molar-refractivity contribution in [2.75, 3.05) is 0 Å². The van der Waals surface area contributed by atoms with E-state index in [0.29, 0.717) is 6.42 Å². The van der Waals surface area contributed by atoms with Gasteiger partial charge in [0.1, 0.15) is 8.07 Å². The summed E-state index contributed by atoms with van der Waals surface area (Å²) < 4.78 is 0. The van der Waals surface area contributed by atoms with Crippen LogP contribution in [-0.2, 0) is 4.79 Å². The van der Waals surface area contributed by atoms with Crippen LogP contribution in [0.25, 0.3) is 0 Å².